The van der Waals surface area contributed by atoms with E-state index < -0.39 is 0 Å². The van der Waals surface area contributed by atoms with Crippen molar-refractivity contribution in [2.24, 2.45) is 11.8 Å². The number of nitrogens with one attached hydrogen (secondary N) is 1. The Morgan fingerprint density at radius 2 is 1.72 bits per heavy atom. The Morgan fingerprint density at radius 1 is 1.11 bits per heavy atom. The summed E-state index contributed by atoms with van der Waals surface area (Å²) in [5, 5.41) is 3.70. The smallest absolute Gasteiger partial charge is 0.0348 e. The SMILES string of the molecule is CCNC(c1ccc(C)cc1)C1CCC(C)CC1. The minimum Gasteiger partial charge on any atom is -0.310 e. The van der Waals surface area contributed by atoms with Crippen LogP contribution in [-0.2, 0) is 0 Å². The van der Waals surface area contributed by atoms with Gasteiger partial charge in [-0.25, -0.2) is 0 Å². The van der Waals surface area contributed by atoms with Crippen LogP contribution < -0.4 is 5.32 Å². The maximum atomic E-state index is 3.70. The summed E-state index contributed by atoms with van der Waals surface area (Å²) < 4.78 is 0. The number of hydrogen-bond acceptors (Lipinski definition) is 1. The van der Waals surface area contributed by atoms with Gasteiger partial charge in [-0.3, -0.25) is 0 Å². The van der Waals surface area contributed by atoms with E-state index in [4.69, 9.17) is 0 Å². The molecule has 1 aromatic carbocycles. The van der Waals surface area contributed by atoms with E-state index in [0.717, 1.165) is 18.4 Å². The van der Waals surface area contributed by atoms with Crippen molar-refractivity contribution in [1.29, 1.82) is 0 Å². The van der Waals surface area contributed by atoms with Crippen LogP contribution in [0.15, 0.2) is 24.3 Å². The summed E-state index contributed by atoms with van der Waals surface area (Å²) in [6.07, 6.45) is 5.57. The molecular weight excluding hydrogens is 218 g/mol. The Labute approximate surface area is 112 Å². The van der Waals surface area contributed by atoms with Crippen molar-refractivity contribution in [3.8, 4) is 0 Å². The van der Waals surface area contributed by atoms with Gasteiger partial charge in [-0.15, -0.1) is 0 Å². The summed E-state index contributed by atoms with van der Waals surface area (Å²) in [7, 11) is 0. The number of hydrogen-bond donors (Lipinski definition) is 1. The summed E-state index contributed by atoms with van der Waals surface area (Å²) in [5.74, 6) is 1.76. The Hall–Kier alpha value is -0.820. The average molecular weight is 245 g/mol. The lowest BCUT2D eigenvalue weighted by molar-refractivity contribution is 0.233. The van der Waals surface area contributed by atoms with Gasteiger partial charge in [-0.05, 0) is 43.7 Å². The van der Waals surface area contributed by atoms with Crippen LogP contribution >= 0.6 is 0 Å². The first kappa shape index (κ1) is 13.6. The van der Waals surface area contributed by atoms with Crippen molar-refractivity contribution in [2.45, 2.75) is 52.5 Å². The zero-order valence-electron chi connectivity index (χ0n) is 12.1. The molecule has 1 nitrogen and oxygen atoms in total. The second-order valence-electron chi connectivity index (χ2n) is 5.97. The predicted molar refractivity (Wildman–Crippen MR) is 78.7 cm³/mol. The highest BCUT2D eigenvalue weighted by molar-refractivity contribution is 5.24. The molecular formula is C17H27N. The Kier molecular flexibility index (Phi) is 4.82. The van der Waals surface area contributed by atoms with Gasteiger partial charge in [0.15, 0.2) is 0 Å². The summed E-state index contributed by atoms with van der Waals surface area (Å²) >= 11 is 0. The predicted octanol–water partition coefficient (Wildman–Crippen LogP) is 4.47. The molecule has 1 unspecified atom stereocenters. The van der Waals surface area contributed by atoms with Crippen molar-refractivity contribution in [1.82, 2.24) is 5.32 Å². The van der Waals surface area contributed by atoms with Gasteiger partial charge in [0.1, 0.15) is 0 Å². The number of rotatable bonds is 4. The average Bonchev–Trinajstić information content (AvgIpc) is 2.39. The van der Waals surface area contributed by atoms with E-state index in [1.54, 1.807) is 0 Å². The monoisotopic (exact) mass is 245 g/mol. The van der Waals surface area contributed by atoms with Gasteiger partial charge in [-0.2, -0.15) is 0 Å². The molecule has 2 rings (SSSR count). The van der Waals surface area contributed by atoms with Gasteiger partial charge in [0, 0.05) is 6.04 Å². The molecule has 18 heavy (non-hydrogen) atoms. The molecule has 1 aliphatic rings. The van der Waals surface area contributed by atoms with E-state index in [1.165, 1.54) is 36.8 Å². The van der Waals surface area contributed by atoms with Crippen LogP contribution in [0.25, 0.3) is 0 Å². The zero-order valence-corrected chi connectivity index (χ0v) is 12.1. The van der Waals surface area contributed by atoms with Crippen molar-refractivity contribution < 1.29 is 0 Å². The molecule has 1 fully saturated rings. The molecule has 0 aliphatic heterocycles. The first-order valence-electron chi connectivity index (χ1n) is 7.50. The second kappa shape index (κ2) is 6.38. The fourth-order valence-electron chi connectivity index (χ4n) is 3.17. The van der Waals surface area contributed by atoms with E-state index >= 15 is 0 Å². The van der Waals surface area contributed by atoms with Crippen LogP contribution in [0.5, 0.6) is 0 Å². The molecule has 0 bridgehead atoms. The lowest BCUT2D eigenvalue weighted by atomic mass is 9.77. The van der Waals surface area contributed by atoms with Crippen molar-refractivity contribution in [3.05, 3.63) is 35.4 Å². The highest BCUT2D eigenvalue weighted by Gasteiger charge is 2.26. The molecule has 1 atom stereocenters. The maximum Gasteiger partial charge on any atom is 0.0348 e. The molecule has 1 saturated carbocycles. The van der Waals surface area contributed by atoms with Gasteiger partial charge < -0.3 is 5.32 Å². The molecule has 0 aromatic heterocycles. The number of benzene rings is 1. The first-order chi connectivity index (χ1) is 8.70. The van der Waals surface area contributed by atoms with E-state index in [1.807, 2.05) is 0 Å². The van der Waals surface area contributed by atoms with Crippen LogP contribution in [0.1, 0.15) is 56.7 Å². The van der Waals surface area contributed by atoms with Crippen molar-refractivity contribution in [3.63, 3.8) is 0 Å². The Balaban J connectivity index is 2.09. The van der Waals surface area contributed by atoms with Crippen LogP contribution in [0.2, 0.25) is 0 Å². The van der Waals surface area contributed by atoms with E-state index in [-0.39, 0.29) is 0 Å². The lowest BCUT2D eigenvalue weighted by Gasteiger charge is -2.33. The second-order valence-corrected chi connectivity index (χ2v) is 5.97. The minimum atomic E-state index is 0.558. The fourth-order valence-corrected chi connectivity index (χ4v) is 3.17. The molecule has 0 amide bonds. The number of aryl methyl sites for hydroxylation is 1. The molecule has 0 radical (unpaired) electrons. The normalized spacial score (nSPS) is 25.9. The van der Waals surface area contributed by atoms with Crippen molar-refractivity contribution in [2.75, 3.05) is 6.54 Å². The molecule has 1 aromatic rings. The topological polar surface area (TPSA) is 12.0 Å². The summed E-state index contributed by atoms with van der Waals surface area (Å²) in [4.78, 5) is 0. The molecule has 1 aliphatic carbocycles. The lowest BCUT2D eigenvalue weighted by Crippen LogP contribution is -2.30. The molecule has 1 N–H and O–H groups in total. The molecule has 0 heterocycles. The zero-order chi connectivity index (χ0) is 13.0. The Bertz CT molecular complexity index is 346. The summed E-state index contributed by atoms with van der Waals surface area (Å²) in [6, 6.07) is 9.65. The molecule has 0 saturated heterocycles. The minimum absolute atomic E-state index is 0.558. The van der Waals surface area contributed by atoms with E-state index in [9.17, 15) is 0 Å². The van der Waals surface area contributed by atoms with Crippen LogP contribution in [0.3, 0.4) is 0 Å². The maximum absolute atomic E-state index is 3.70. The third-order valence-corrected chi connectivity index (χ3v) is 4.39. The Morgan fingerprint density at radius 3 is 2.28 bits per heavy atom. The standard InChI is InChI=1S/C17H27N/c1-4-18-17(15-9-5-13(2)6-10-15)16-11-7-14(3)8-12-16/h5-6,9-10,14,16-18H,4,7-8,11-12H2,1-3H3. The highest BCUT2D eigenvalue weighted by atomic mass is 14.9. The molecule has 1 heteroatoms. The largest absolute Gasteiger partial charge is 0.310 e. The fraction of sp³-hybridized carbons (Fsp3) is 0.647. The van der Waals surface area contributed by atoms with Gasteiger partial charge in [0.2, 0.25) is 0 Å². The molecule has 100 valence electrons. The van der Waals surface area contributed by atoms with Gasteiger partial charge >= 0.3 is 0 Å². The quantitative estimate of drug-likeness (QED) is 0.825. The van der Waals surface area contributed by atoms with Gasteiger partial charge in [0.25, 0.3) is 0 Å². The van der Waals surface area contributed by atoms with Gasteiger partial charge in [-0.1, -0.05) is 56.5 Å². The van der Waals surface area contributed by atoms with Crippen molar-refractivity contribution >= 4 is 0 Å². The highest BCUT2D eigenvalue weighted by Crippen LogP contribution is 2.36. The van der Waals surface area contributed by atoms with E-state index in [2.05, 4.69) is 50.4 Å². The third kappa shape index (κ3) is 3.35. The third-order valence-electron chi connectivity index (χ3n) is 4.39. The first-order valence-corrected chi connectivity index (χ1v) is 7.50. The summed E-state index contributed by atoms with van der Waals surface area (Å²) in [6.45, 7) is 7.83. The molecule has 0 spiro atoms. The van der Waals surface area contributed by atoms with Crippen LogP contribution in [0.4, 0.5) is 0 Å². The van der Waals surface area contributed by atoms with Gasteiger partial charge in [0.05, 0.1) is 0 Å². The van der Waals surface area contributed by atoms with Crippen LogP contribution in [-0.4, -0.2) is 6.54 Å². The summed E-state index contributed by atoms with van der Waals surface area (Å²) in [5.41, 5.74) is 2.83. The van der Waals surface area contributed by atoms with Crippen LogP contribution in [0, 0.1) is 18.8 Å². The van der Waals surface area contributed by atoms with E-state index in [0.29, 0.717) is 6.04 Å².